The molecule has 1 N–H and O–H groups in total. The number of aromatic nitrogens is 2. The highest BCUT2D eigenvalue weighted by Gasteiger charge is 2.35. The Bertz CT molecular complexity index is 825. The van der Waals surface area contributed by atoms with Crippen LogP contribution in [0.25, 0.3) is 0 Å². The first-order valence-corrected chi connectivity index (χ1v) is 9.78. The van der Waals surface area contributed by atoms with E-state index in [0.29, 0.717) is 17.6 Å². The first-order valence-electron chi connectivity index (χ1n) is 8.42. The van der Waals surface area contributed by atoms with Gasteiger partial charge in [-0.15, -0.1) is 0 Å². The van der Waals surface area contributed by atoms with E-state index in [1.54, 1.807) is 6.07 Å². The number of hydrogen-bond donors (Lipinski definition) is 1. The van der Waals surface area contributed by atoms with Crippen molar-refractivity contribution in [2.24, 2.45) is 0 Å². The zero-order valence-electron chi connectivity index (χ0n) is 15.1. The number of hydrogen-bond acceptors (Lipinski definition) is 6. The number of thioether (sulfide) groups is 1. The van der Waals surface area contributed by atoms with Gasteiger partial charge in [0.1, 0.15) is 17.1 Å². The average Bonchev–Trinajstić information content (AvgIpc) is 2.96. The van der Waals surface area contributed by atoms with E-state index in [9.17, 15) is 8.78 Å². The number of anilines is 1. The first-order chi connectivity index (χ1) is 12.7. The van der Waals surface area contributed by atoms with Crippen molar-refractivity contribution < 1.29 is 18.3 Å². The molecule has 0 spiro atoms. The minimum absolute atomic E-state index is 0.0729. The van der Waals surface area contributed by atoms with Crippen LogP contribution >= 0.6 is 23.4 Å². The Hall–Kier alpha value is -1.48. The summed E-state index contributed by atoms with van der Waals surface area (Å²) in [6.45, 7) is 6.16. The molecule has 1 aliphatic heterocycles. The van der Waals surface area contributed by atoms with Gasteiger partial charge in [0.2, 0.25) is 0 Å². The number of halogens is 3. The van der Waals surface area contributed by atoms with Gasteiger partial charge in [0.05, 0.1) is 12.6 Å². The topological polar surface area (TPSA) is 56.3 Å². The van der Waals surface area contributed by atoms with Gasteiger partial charge in [0.15, 0.2) is 22.6 Å². The Morgan fingerprint density at radius 3 is 2.85 bits per heavy atom. The number of nitrogens with one attached hydrogen (secondary N) is 1. The third-order valence-corrected chi connectivity index (χ3v) is 5.12. The lowest BCUT2D eigenvalue weighted by atomic mass is 10.2. The van der Waals surface area contributed by atoms with Crippen LogP contribution in [0.3, 0.4) is 0 Å². The van der Waals surface area contributed by atoms with E-state index < -0.39 is 17.4 Å². The van der Waals surface area contributed by atoms with Crippen LogP contribution in [0.2, 0.25) is 5.15 Å². The Balaban J connectivity index is 1.66. The van der Waals surface area contributed by atoms with Crippen molar-refractivity contribution in [3.05, 3.63) is 46.6 Å². The molecule has 27 heavy (non-hydrogen) atoms. The van der Waals surface area contributed by atoms with Gasteiger partial charge >= 0.3 is 0 Å². The lowest BCUT2D eigenvalue weighted by molar-refractivity contribution is -0.139. The third kappa shape index (κ3) is 5.28. The van der Waals surface area contributed by atoms with Crippen LogP contribution in [0, 0.1) is 11.6 Å². The van der Waals surface area contributed by atoms with E-state index in [-0.39, 0.29) is 28.6 Å². The van der Waals surface area contributed by atoms with E-state index in [4.69, 9.17) is 21.1 Å². The van der Waals surface area contributed by atoms with E-state index in [1.165, 1.54) is 23.9 Å². The van der Waals surface area contributed by atoms with Crippen molar-refractivity contribution in [3.8, 4) is 0 Å². The molecule has 5 nitrogen and oxygen atoms in total. The molecule has 9 heteroatoms. The van der Waals surface area contributed by atoms with Crippen molar-refractivity contribution in [1.29, 1.82) is 0 Å². The molecule has 2 atom stereocenters. The van der Waals surface area contributed by atoms with Crippen LogP contribution in [-0.2, 0) is 15.2 Å². The van der Waals surface area contributed by atoms with Gasteiger partial charge in [0, 0.05) is 17.4 Å². The summed E-state index contributed by atoms with van der Waals surface area (Å²) in [4.78, 5) is 8.53. The Labute approximate surface area is 165 Å². The van der Waals surface area contributed by atoms with Gasteiger partial charge in [-0.25, -0.2) is 18.7 Å². The summed E-state index contributed by atoms with van der Waals surface area (Å²) in [6, 6.07) is 5.60. The summed E-state index contributed by atoms with van der Waals surface area (Å²) >= 11 is 7.26. The summed E-state index contributed by atoms with van der Waals surface area (Å²) in [5, 5.41) is 3.85. The van der Waals surface area contributed by atoms with Gasteiger partial charge in [-0.1, -0.05) is 35.5 Å². The van der Waals surface area contributed by atoms with Gasteiger partial charge in [-0.05, 0) is 26.8 Å². The molecule has 1 aliphatic rings. The summed E-state index contributed by atoms with van der Waals surface area (Å²) in [7, 11) is 0. The molecule has 0 amide bonds. The summed E-state index contributed by atoms with van der Waals surface area (Å²) in [5.74, 6) is -1.64. The second-order valence-electron chi connectivity index (χ2n) is 6.66. The highest BCUT2D eigenvalue weighted by atomic mass is 35.5. The summed E-state index contributed by atoms with van der Waals surface area (Å²) < 4.78 is 38.5. The molecule has 1 aromatic carbocycles. The lowest BCUT2D eigenvalue weighted by Gasteiger charge is -2.22. The Morgan fingerprint density at radius 1 is 1.37 bits per heavy atom. The molecule has 146 valence electrons. The first kappa shape index (κ1) is 20.3. The molecule has 3 rings (SSSR count). The highest BCUT2D eigenvalue weighted by Crippen LogP contribution is 2.27. The van der Waals surface area contributed by atoms with E-state index in [2.05, 4.69) is 15.3 Å². The van der Waals surface area contributed by atoms with Gasteiger partial charge in [0.25, 0.3) is 0 Å². The van der Waals surface area contributed by atoms with Crippen LogP contribution in [0.1, 0.15) is 26.3 Å². The molecule has 0 radical (unpaired) electrons. The van der Waals surface area contributed by atoms with Crippen LogP contribution in [-0.4, -0.2) is 34.5 Å². The van der Waals surface area contributed by atoms with Crippen molar-refractivity contribution >= 4 is 29.2 Å². The van der Waals surface area contributed by atoms with E-state index in [0.717, 1.165) is 6.07 Å². The van der Waals surface area contributed by atoms with Crippen LogP contribution in [0.5, 0.6) is 0 Å². The Kier molecular flexibility index (Phi) is 6.20. The SMILES string of the molecule is CC(Nc1cc(Cl)nc(SCc2cccc(F)c2F)n1)C1COC(C)(C)O1. The average molecular weight is 416 g/mol. The fourth-order valence-corrected chi connectivity index (χ4v) is 3.69. The molecule has 1 saturated heterocycles. The lowest BCUT2D eigenvalue weighted by Crippen LogP contribution is -2.34. The molecule has 0 bridgehead atoms. The van der Waals surface area contributed by atoms with Gasteiger partial charge in [-0.2, -0.15) is 0 Å². The number of rotatable bonds is 6. The molecule has 1 aromatic heterocycles. The molecule has 2 aromatic rings. The second-order valence-corrected chi connectivity index (χ2v) is 7.99. The maximum atomic E-state index is 13.8. The quantitative estimate of drug-likeness (QED) is 0.421. The maximum absolute atomic E-state index is 13.8. The third-order valence-electron chi connectivity index (χ3n) is 4.03. The maximum Gasteiger partial charge on any atom is 0.191 e. The normalized spacial score (nSPS) is 19.9. The van der Waals surface area contributed by atoms with Crippen LogP contribution in [0.4, 0.5) is 14.6 Å². The van der Waals surface area contributed by atoms with Crippen LogP contribution in [0.15, 0.2) is 29.4 Å². The zero-order valence-corrected chi connectivity index (χ0v) is 16.7. The van der Waals surface area contributed by atoms with Crippen molar-refractivity contribution in [2.45, 2.75) is 49.6 Å². The second kappa shape index (κ2) is 8.26. The predicted octanol–water partition coefficient (Wildman–Crippen LogP) is 4.65. The largest absolute Gasteiger partial charge is 0.365 e. The van der Waals surface area contributed by atoms with Gasteiger partial charge in [-0.3, -0.25) is 0 Å². The number of ether oxygens (including phenoxy) is 2. The molecule has 2 unspecified atom stereocenters. The molecule has 0 saturated carbocycles. The number of nitrogens with zero attached hydrogens (tertiary/aromatic N) is 2. The van der Waals surface area contributed by atoms with E-state index in [1.807, 2.05) is 20.8 Å². The Morgan fingerprint density at radius 2 is 2.15 bits per heavy atom. The predicted molar refractivity (Wildman–Crippen MR) is 101 cm³/mol. The molecule has 2 heterocycles. The number of benzene rings is 1. The zero-order chi connectivity index (χ0) is 19.6. The van der Waals surface area contributed by atoms with Crippen molar-refractivity contribution in [1.82, 2.24) is 9.97 Å². The minimum atomic E-state index is -0.877. The highest BCUT2D eigenvalue weighted by molar-refractivity contribution is 7.98. The molecular formula is C18H20ClF2N3O2S. The summed E-state index contributed by atoms with van der Waals surface area (Å²) in [6.07, 6.45) is -0.133. The minimum Gasteiger partial charge on any atom is -0.365 e. The van der Waals surface area contributed by atoms with Crippen molar-refractivity contribution in [2.75, 3.05) is 11.9 Å². The fourth-order valence-electron chi connectivity index (χ4n) is 2.63. The smallest absolute Gasteiger partial charge is 0.191 e. The van der Waals surface area contributed by atoms with Gasteiger partial charge < -0.3 is 14.8 Å². The standard InChI is InChI=1S/C18H20ClF2N3O2S/c1-10(13-8-25-18(2,3)26-13)22-15-7-14(19)23-17(24-15)27-9-11-5-4-6-12(20)16(11)21/h4-7,10,13H,8-9H2,1-3H3,(H,22,23,24). The van der Waals surface area contributed by atoms with E-state index >= 15 is 0 Å². The molecular weight excluding hydrogens is 396 g/mol. The molecule has 1 fully saturated rings. The molecule has 0 aliphatic carbocycles. The fraction of sp³-hybridized carbons (Fsp3) is 0.444. The van der Waals surface area contributed by atoms with Crippen LogP contribution < -0.4 is 5.32 Å². The monoisotopic (exact) mass is 415 g/mol. The van der Waals surface area contributed by atoms with Crippen molar-refractivity contribution in [3.63, 3.8) is 0 Å². The summed E-state index contributed by atoms with van der Waals surface area (Å²) in [5.41, 5.74) is 0.241.